The average Bonchev–Trinajstić information content (AvgIpc) is 2.50. The third kappa shape index (κ3) is 1.63. The first-order valence-corrected chi connectivity index (χ1v) is 4.54. The predicted octanol–water partition coefficient (Wildman–Crippen LogP) is 2.67. The molecule has 1 aromatic heterocycles. The monoisotopic (exact) mass is 208 g/mol. The highest BCUT2D eigenvalue weighted by Gasteiger charge is 2.12. The van der Waals surface area contributed by atoms with Crippen LogP contribution in [0.2, 0.25) is 0 Å². The van der Waals surface area contributed by atoms with Crippen molar-refractivity contribution in [1.29, 1.82) is 0 Å². The summed E-state index contributed by atoms with van der Waals surface area (Å²) in [7, 11) is 1.70. The minimum absolute atomic E-state index is 0.234. The number of aryl methyl sites for hydroxylation is 2. The minimum atomic E-state index is -0.841. The smallest absolute Gasteiger partial charge is 0.168 e. The lowest BCUT2D eigenvalue weighted by atomic mass is 10.1. The van der Waals surface area contributed by atoms with Crippen molar-refractivity contribution >= 4 is 0 Å². The number of nitrogens with zero attached hydrogens (tertiary/aromatic N) is 2. The first-order valence-electron chi connectivity index (χ1n) is 4.54. The van der Waals surface area contributed by atoms with E-state index in [1.807, 2.05) is 0 Å². The van der Waals surface area contributed by atoms with Gasteiger partial charge in [0.15, 0.2) is 11.6 Å². The molecule has 0 amide bonds. The summed E-state index contributed by atoms with van der Waals surface area (Å²) in [6.07, 6.45) is 0. The van der Waals surface area contributed by atoms with Crippen molar-refractivity contribution in [3.8, 4) is 11.3 Å². The van der Waals surface area contributed by atoms with Gasteiger partial charge in [0.05, 0.1) is 11.4 Å². The molecule has 1 heterocycles. The molecule has 0 bridgehead atoms. The van der Waals surface area contributed by atoms with E-state index in [2.05, 4.69) is 5.10 Å². The van der Waals surface area contributed by atoms with Crippen molar-refractivity contribution in [3.63, 3.8) is 0 Å². The van der Waals surface area contributed by atoms with E-state index in [9.17, 15) is 8.78 Å². The second-order valence-corrected chi connectivity index (χ2v) is 3.40. The Morgan fingerprint density at radius 3 is 2.60 bits per heavy atom. The zero-order valence-electron chi connectivity index (χ0n) is 8.46. The molecule has 78 valence electrons. The standard InChI is InChI=1S/C11H10F2N2/c1-7-6-10(15(2)14-7)8-4-3-5-9(12)11(8)13/h3-6H,1-2H3. The van der Waals surface area contributed by atoms with Crippen LogP contribution in [-0.2, 0) is 7.05 Å². The van der Waals surface area contributed by atoms with Gasteiger partial charge in [0.1, 0.15) is 0 Å². The van der Waals surface area contributed by atoms with E-state index < -0.39 is 11.6 Å². The van der Waals surface area contributed by atoms with Crippen molar-refractivity contribution in [2.75, 3.05) is 0 Å². The molecule has 0 fully saturated rings. The summed E-state index contributed by atoms with van der Waals surface area (Å²) in [6.45, 7) is 1.81. The van der Waals surface area contributed by atoms with Gasteiger partial charge in [-0.1, -0.05) is 6.07 Å². The molecule has 0 aliphatic heterocycles. The van der Waals surface area contributed by atoms with Gasteiger partial charge in [-0.15, -0.1) is 0 Å². The lowest BCUT2D eigenvalue weighted by Gasteiger charge is -2.03. The molecular formula is C11H10F2N2. The van der Waals surface area contributed by atoms with Crippen LogP contribution in [0.15, 0.2) is 24.3 Å². The van der Waals surface area contributed by atoms with Crippen LogP contribution < -0.4 is 0 Å². The maximum Gasteiger partial charge on any atom is 0.168 e. The van der Waals surface area contributed by atoms with Crippen molar-refractivity contribution in [1.82, 2.24) is 9.78 Å². The van der Waals surface area contributed by atoms with Crippen molar-refractivity contribution in [2.24, 2.45) is 7.05 Å². The molecule has 0 unspecified atom stereocenters. The molecule has 2 aromatic rings. The molecule has 15 heavy (non-hydrogen) atoms. The molecule has 0 spiro atoms. The Balaban J connectivity index is 2.64. The summed E-state index contributed by atoms with van der Waals surface area (Å²) in [5.74, 6) is -1.67. The summed E-state index contributed by atoms with van der Waals surface area (Å²) in [4.78, 5) is 0. The Hall–Kier alpha value is -1.71. The maximum absolute atomic E-state index is 13.5. The molecule has 4 heteroatoms. The van der Waals surface area contributed by atoms with Gasteiger partial charge in [0.25, 0.3) is 0 Å². The lowest BCUT2D eigenvalue weighted by molar-refractivity contribution is 0.510. The Morgan fingerprint density at radius 1 is 1.27 bits per heavy atom. The molecular weight excluding hydrogens is 198 g/mol. The summed E-state index contributed by atoms with van der Waals surface area (Å²) in [6, 6.07) is 5.84. The molecule has 2 rings (SSSR count). The number of aromatic nitrogens is 2. The van der Waals surface area contributed by atoms with Gasteiger partial charge in [0.2, 0.25) is 0 Å². The second-order valence-electron chi connectivity index (χ2n) is 3.40. The number of rotatable bonds is 1. The first-order chi connectivity index (χ1) is 7.09. The van der Waals surface area contributed by atoms with Crippen LogP contribution in [0.5, 0.6) is 0 Å². The zero-order chi connectivity index (χ0) is 11.0. The van der Waals surface area contributed by atoms with Crippen LogP contribution in [0.4, 0.5) is 8.78 Å². The fraction of sp³-hybridized carbons (Fsp3) is 0.182. The van der Waals surface area contributed by atoms with Gasteiger partial charge in [0, 0.05) is 12.6 Å². The fourth-order valence-corrected chi connectivity index (χ4v) is 1.56. The second kappa shape index (κ2) is 3.46. The Morgan fingerprint density at radius 2 is 2.00 bits per heavy atom. The molecule has 0 saturated carbocycles. The highest BCUT2D eigenvalue weighted by Crippen LogP contribution is 2.24. The Kier molecular flexibility index (Phi) is 2.26. The molecule has 2 nitrogen and oxygen atoms in total. The highest BCUT2D eigenvalue weighted by molar-refractivity contribution is 5.60. The van der Waals surface area contributed by atoms with Crippen LogP contribution in [0, 0.1) is 18.6 Å². The zero-order valence-corrected chi connectivity index (χ0v) is 8.46. The summed E-state index contributed by atoms with van der Waals surface area (Å²) in [5.41, 5.74) is 1.58. The lowest BCUT2D eigenvalue weighted by Crippen LogP contribution is -1.97. The number of halogens is 2. The summed E-state index contributed by atoms with van der Waals surface area (Å²) < 4.78 is 28.0. The Labute approximate surface area is 86.2 Å². The van der Waals surface area contributed by atoms with Crippen LogP contribution in [0.25, 0.3) is 11.3 Å². The van der Waals surface area contributed by atoms with Crippen LogP contribution in [0.3, 0.4) is 0 Å². The minimum Gasteiger partial charge on any atom is -0.268 e. The normalized spacial score (nSPS) is 10.7. The van der Waals surface area contributed by atoms with E-state index in [1.54, 1.807) is 20.0 Å². The average molecular weight is 208 g/mol. The van der Waals surface area contributed by atoms with Gasteiger partial charge in [-0.25, -0.2) is 8.78 Å². The van der Waals surface area contributed by atoms with Gasteiger partial charge < -0.3 is 0 Å². The number of benzene rings is 1. The van der Waals surface area contributed by atoms with E-state index in [0.29, 0.717) is 5.69 Å². The molecule has 0 aliphatic carbocycles. The van der Waals surface area contributed by atoms with E-state index in [1.165, 1.54) is 16.8 Å². The first kappa shape index (κ1) is 9.83. The van der Waals surface area contributed by atoms with E-state index >= 15 is 0 Å². The molecule has 0 aliphatic rings. The highest BCUT2D eigenvalue weighted by atomic mass is 19.2. The van der Waals surface area contributed by atoms with Gasteiger partial charge in [-0.05, 0) is 25.1 Å². The third-order valence-corrected chi connectivity index (χ3v) is 2.23. The van der Waals surface area contributed by atoms with Gasteiger partial charge in [-0.3, -0.25) is 4.68 Å². The summed E-state index contributed by atoms with van der Waals surface area (Å²) in [5, 5.41) is 4.09. The van der Waals surface area contributed by atoms with Crippen LogP contribution in [-0.4, -0.2) is 9.78 Å². The van der Waals surface area contributed by atoms with Crippen molar-refractivity contribution in [3.05, 3.63) is 41.6 Å². The largest absolute Gasteiger partial charge is 0.268 e. The molecule has 0 saturated heterocycles. The Bertz CT molecular complexity index is 503. The van der Waals surface area contributed by atoms with Gasteiger partial charge >= 0.3 is 0 Å². The van der Waals surface area contributed by atoms with Crippen LogP contribution in [0.1, 0.15) is 5.69 Å². The fourth-order valence-electron chi connectivity index (χ4n) is 1.56. The van der Waals surface area contributed by atoms with Crippen molar-refractivity contribution < 1.29 is 8.78 Å². The maximum atomic E-state index is 13.5. The number of hydrogen-bond acceptors (Lipinski definition) is 1. The van der Waals surface area contributed by atoms with E-state index in [0.717, 1.165) is 11.8 Å². The molecule has 0 radical (unpaired) electrons. The van der Waals surface area contributed by atoms with Crippen LogP contribution >= 0.6 is 0 Å². The predicted molar refractivity (Wildman–Crippen MR) is 53.3 cm³/mol. The molecule has 1 aromatic carbocycles. The SMILES string of the molecule is Cc1cc(-c2cccc(F)c2F)n(C)n1. The quantitative estimate of drug-likeness (QED) is 0.704. The van der Waals surface area contributed by atoms with E-state index in [-0.39, 0.29) is 5.56 Å². The van der Waals surface area contributed by atoms with E-state index in [4.69, 9.17) is 0 Å². The molecule has 0 N–H and O–H groups in total. The summed E-state index contributed by atoms with van der Waals surface area (Å²) >= 11 is 0. The van der Waals surface area contributed by atoms with Gasteiger partial charge in [-0.2, -0.15) is 5.10 Å². The third-order valence-electron chi connectivity index (χ3n) is 2.23. The van der Waals surface area contributed by atoms with Crippen molar-refractivity contribution in [2.45, 2.75) is 6.92 Å². The topological polar surface area (TPSA) is 17.8 Å². The molecule has 0 atom stereocenters. The number of hydrogen-bond donors (Lipinski definition) is 0.